The largest absolute Gasteiger partial charge is 0.464 e. The number of rotatable bonds is 8. The van der Waals surface area contributed by atoms with Gasteiger partial charge in [-0.05, 0) is 60.5 Å². The van der Waals surface area contributed by atoms with Crippen molar-refractivity contribution in [2.45, 2.75) is 11.3 Å². The molecule has 0 unspecified atom stereocenters. The number of nitrogens with one attached hydrogen (secondary N) is 2. The minimum absolute atomic E-state index is 0.0339. The predicted octanol–water partition coefficient (Wildman–Crippen LogP) is 2.10. The predicted molar refractivity (Wildman–Crippen MR) is 119 cm³/mol. The van der Waals surface area contributed by atoms with E-state index in [4.69, 9.17) is 0 Å². The van der Waals surface area contributed by atoms with Crippen molar-refractivity contribution < 1.29 is 31.9 Å². The first kappa shape index (κ1) is 24.5. The number of hydrogen-bond donors (Lipinski definition) is 2. The molecule has 9 nitrogen and oxygen atoms in total. The lowest BCUT2D eigenvalue weighted by molar-refractivity contribution is 0.0593. The van der Waals surface area contributed by atoms with E-state index < -0.39 is 27.8 Å². The van der Waals surface area contributed by atoms with E-state index in [2.05, 4.69) is 15.0 Å². The van der Waals surface area contributed by atoms with Crippen LogP contribution >= 0.6 is 0 Å². The molecule has 34 heavy (non-hydrogen) atoms. The molecule has 2 N–H and O–H groups in total. The van der Waals surface area contributed by atoms with Crippen LogP contribution in [0.25, 0.3) is 0 Å². The molecule has 1 heterocycles. The number of carbonyl (C=O) groups excluding carboxylic acids is 3. The summed E-state index contributed by atoms with van der Waals surface area (Å²) >= 11 is 0. The minimum Gasteiger partial charge on any atom is -0.464 e. The summed E-state index contributed by atoms with van der Waals surface area (Å²) in [7, 11) is -3.04. The zero-order valence-corrected chi connectivity index (χ0v) is 18.8. The quantitative estimate of drug-likeness (QED) is 0.467. The molecule has 176 valence electrons. The molecule has 0 aliphatic heterocycles. The molecule has 0 aliphatic carbocycles. The van der Waals surface area contributed by atoms with Crippen molar-refractivity contribution in [2.75, 3.05) is 13.7 Å². The Kier molecular flexibility index (Phi) is 7.69. The number of carbonyl (C=O) groups is 3. The van der Waals surface area contributed by atoms with E-state index >= 15 is 0 Å². The summed E-state index contributed by atoms with van der Waals surface area (Å²) in [6, 6.07) is 13.4. The molecule has 0 atom stereocenters. The van der Waals surface area contributed by atoms with Gasteiger partial charge in [0, 0.05) is 18.3 Å². The van der Waals surface area contributed by atoms with Crippen LogP contribution in [0.15, 0.2) is 71.8 Å². The molecule has 1 aromatic heterocycles. The maximum atomic E-state index is 12.9. The number of ether oxygens (including phenoxy) is 1. The van der Waals surface area contributed by atoms with Gasteiger partial charge in [0.05, 0.1) is 17.6 Å². The van der Waals surface area contributed by atoms with Crippen LogP contribution in [0.5, 0.6) is 0 Å². The standard InChI is InChI=1S/C23H20FN3O6S/c1-33-23(30)20-11-6-17(14-26-20)22(29)27-34(31,32)19-9-4-16(5-10-19)21(28)25-13-12-15-2-7-18(24)8-3-15/h2-11,14H,12-13H2,1H3,(H,25,28)(H,27,29). The van der Waals surface area contributed by atoms with Gasteiger partial charge in [-0.3, -0.25) is 9.59 Å². The number of halogens is 1. The molecule has 2 aromatic carbocycles. The maximum Gasteiger partial charge on any atom is 0.356 e. The monoisotopic (exact) mass is 485 g/mol. The number of esters is 1. The first-order chi connectivity index (χ1) is 16.2. The molecular weight excluding hydrogens is 465 g/mol. The van der Waals surface area contributed by atoms with Crippen LogP contribution in [0.3, 0.4) is 0 Å². The third kappa shape index (κ3) is 6.23. The minimum atomic E-state index is -4.22. The summed E-state index contributed by atoms with van der Waals surface area (Å²) in [6.45, 7) is 0.309. The fraction of sp³-hybridized carbons (Fsp3) is 0.130. The summed E-state index contributed by atoms with van der Waals surface area (Å²) in [5.41, 5.74) is 0.975. The molecular formula is C23H20FN3O6S. The second-order valence-electron chi connectivity index (χ2n) is 7.02. The number of aromatic nitrogens is 1. The summed E-state index contributed by atoms with van der Waals surface area (Å²) in [5.74, 6) is -2.38. The Labute approximate surface area is 195 Å². The van der Waals surface area contributed by atoms with Crippen molar-refractivity contribution in [2.24, 2.45) is 0 Å². The lowest BCUT2D eigenvalue weighted by atomic mass is 10.1. The first-order valence-corrected chi connectivity index (χ1v) is 11.4. The van der Waals surface area contributed by atoms with Crippen LogP contribution < -0.4 is 10.0 Å². The number of methoxy groups -OCH3 is 1. The molecule has 0 spiro atoms. The lowest BCUT2D eigenvalue weighted by Crippen LogP contribution is -2.31. The van der Waals surface area contributed by atoms with Crippen molar-refractivity contribution in [1.82, 2.24) is 15.0 Å². The fourth-order valence-corrected chi connectivity index (χ4v) is 3.83. The van der Waals surface area contributed by atoms with Gasteiger partial charge in [-0.1, -0.05) is 12.1 Å². The summed E-state index contributed by atoms with van der Waals surface area (Å²) < 4.78 is 44.4. The van der Waals surface area contributed by atoms with Crippen molar-refractivity contribution in [3.8, 4) is 0 Å². The Bertz CT molecular complexity index is 1290. The average Bonchev–Trinajstić information content (AvgIpc) is 2.84. The normalized spacial score (nSPS) is 10.9. The Morgan fingerprint density at radius 1 is 0.912 bits per heavy atom. The maximum absolute atomic E-state index is 12.9. The third-order valence-corrected chi connectivity index (χ3v) is 6.03. The van der Waals surface area contributed by atoms with Crippen molar-refractivity contribution in [1.29, 1.82) is 0 Å². The smallest absolute Gasteiger partial charge is 0.356 e. The van der Waals surface area contributed by atoms with Crippen LogP contribution in [-0.2, 0) is 21.2 Å². The highest BCUT2D eigenvalue weighted by molar-refractivity contribution is 7.90. The molecule has 2 amide bonds. The van der Waals surface area contributed by atoms with Gasteiger partial charge >= 0.3 is 5.97 Å². The van der Waals surface area contributed by atoms with Gasteiger partial charge in [-0.2, -0.15) is 0 Å². The lowest BCUT2D eigenvalue weighted by Gasteiger charge is -2.09. The number of hydrogen-bond acceptors (Lipinski definition) is 7. The van der Waals surface area contributed by atoms with Gasteiger partial charge in [-0.25, -0.2) is 27.3 Å². The average molecular weight is 485 g/mol. The van der Waals surface area contributed by atoms with E-state index in [1.54, 1.807) is 12.1 Å². The molecule has 0 aliphatic rings. The highest BCUT2D eigenvalue weighted by atomic mass is 32.2. The highest BCUT2D eigenvalue weighted by Gasteiger charge is 2.20. The van der Waals surface area contributed by atoms with Gasteiger partial charge in [0.25, 0.3) is 21.8 Å². The summed E-state index contributed by atoms with van der Waals surface area (Å²) in [4.78, 5) is 39.5. The number of sulfonamides is 1. The molecule has 0 fully saturated rings. The molecule has 3 rings (SSSR count). The summed E-state index contributed by atoms with van der Waals surface area (Å²) in [6.07, 6.45) is 1.55. The van der Waals surface area contributed by atoms with E-state index in [-0.39, 0.29) is 27.5 Å². The molecule has 0 radical (unpaired) electrons. The van der Waals surface area contributed by atoms with E-state index in [9.17, 15) is 27.2 Å². The Hall–Kier alpha value is -4.12. The molecule has 0 saturated carbocycles. The van der Waals surface area contributed by atoms with Gasteiger partial charge in [0.15, 0.2) is 0 Å². The Balaban J connectivity index is 1.58. The highest BCUT2D eigenvalue weighted by Crippen LogP contribution is 2.12. The summed E-state index contributed by atoms with van der Waals surface area (Å²) in [5, 5.41) is 2.70. The number of pyridine rings is 1. The van der Waals surface area contributed by atoms with Crippen molar-refractivity contribution >= 4 is 27.8 Å². The third-order valence-electron chi connectivity index (χ3n) is 4.69. The van der Waals surface area contributed by atoms with Crippen LogP contribution in [-0.4, -0.2) is 44.8 Å². The van der Waals surface area contributed by atoms with Crippen LogP contribution in [0.4, 0.5) is 4.39 Å². The second kappa shape index (κ2) is 10.7. The molecule has 0 bridgehead atoms. The van der Waals surface area contributed by atoms with Crippen LogP contribution in [0, 0.1) is 5.82 Å². The zero-order valence-electron chi connectivity index (χ0n) is 17.9. The SMILES string of the molecule is COC(=O)c1ccc(C(=O)NS(=O)(=O)c2ccc(C(=O)NCCc3ccc(F)cc3)cc2)cn1. The van der Waals surface area contributed by atoms with E-state index in [0.29, 0.717) is 13.0 Å². The van der Waals surface area contributed by atoms with E-state index in [0.717, 1.165) is 11.8 Å². The van der Waals surface area contributed by atoms with Crippen LogP contribution in [0.1, 0.15) is 36.8 Å². The van der Waals surface area contributed by atoms with Gasteiger partial charge < -0.3 is 10.1 Å². The van der Waals surface area contributed by atoms with Gasteiger partial charge in [0.2, 0.25) is 0 Å². The molecule has 3 aromatic rings. The molecule has 0 saturated heterocycles. The van der Waals surface area contributed by atoms with Crippen molar-refractivity contribution in [3.05, 3.63) is 95.1 Å². The van der Waals surface area contributed by atoms with E-state index in [1.165, 1.54) is 55.6 Å². The van der Waals surface area contributed by atoms with E-state index in [1.807, 2.05) is 4.72 Å². The zero-order chi connectivity index (χ0) is 24.7. The Morgan fingerprint density at radius 3 is 2.15 bits per heavy atom. The van der Waals surface area contributed by atoms with Gasteiger partial charge in [0.1, 0.15) is 11.5 Å². The number of nitrogens with zero attached hydrogens (tertiary/aromatic N) is 1. The van der Waals surface area contributed by atoms with Crippen LogP contribution in [0.2, 0.25) is 0 Å². The van der Waals surface area contributed by atoms with Crippen molar-refractivity contribution in [3.63, 3.8) is 0 Å². The topological polar surface area (TPSA) is 132 Å². The fourth-order valence-electron chi connectivity index (χ4n) is 2.85. The second-order valence-corrected chi connectivity index (χ2v) is 8.70. The first-order valence-electron chi connectivity index (χ1n) is 9.94. The number of benzene rings is 2. The molecule has 11 heteroatoms. The number of amides is 2. The Morgan fingerprint density at radius 2 is 1.56 bits per heavy atom. The van der Waals surface area contributed by atoms with Gasteiger partial charge in [-0.15, -0.1) is 0 Å².